The Hall–Kier alpha value is -6.25. The van der Waals surface area contributed by atoms with Crippen LogP contribution in [0.4, 0.5) is 0 Å². The van der Waals surface area contributed by atoms with E-state index in [1.807, 2.05) is 24.3 Å². The van der Waals surface area contributed by atoms with Gasteiger partial charge in [0.05, 0.1) is 11.1 Å². The molecule has 7 aromatic carbocycles. The largest absolute Gasteiger partial charge is 0.383 e. The van der Waals surface area contributed by atoms with Gasteiger partial charge < -0.3 is 5.73 Å². The summed E-state index contributed by atoms with van der Waals surface area (Å²) >= 11 is 0. The molecule has 0 amide bonds. The molecule has 0 fully saturated rings. The maximum Gasteiger partial charge on any atom is 0.131 e. The Balaban J connectivity index is 1.23. The number of aliphatic imine (C=N–C) groups is 1. The second-order valence-electron chi connectivity index (χ2n) is 12.5. The lowest BCUT2D eigenvalue weighted by Gasteiger charge is -2.34. The van der Waals surface area contributed by atoms with E-state index in [-0.39, 0.29) is 0 Å². The van der Waals surface area contributed by atoms with Gasteiger partial charge in [0, 0.05) is 5.56 Å². The second-order valence-corrected chi connectivity index (χ2v) is 12.5. The van der Waals surface area contributed by atoms with Crippen molar-refractivity contribution in [2.75, 3.05) is 0 Å². The van der Waals surface area contributed by atoms with Crippen LogP contribution in [0.25, 0.3) is 28.0 Å². The van der Waals surface area contributed by atoms with E-state index in [9.17, 15) is 0 Å². The number of fused-ring (bicyclic) bond motifs is 3. The molecule has 0 spiro atoms. The Morgan fingerprint density at radius 2 is 0.939 bits per heavy atom. The molecule has 2 heteroatoms. The fraction of sp³-hybridized carbons (Fsp3) is 0.0426. The summed E-state index contributed by atoms with van der Waals surface area (Å²) in [6.45, 7) is 0. The Morgan fingerprint density at radius 3 is 1.53 bits per heavy atom. The normalized spacial score (nSPS) is 13.5. The third-order valence-electron chi connectivity index (χ3n) is 9.68. The lowest BCUT2D eigenvalue weighted by Crippen LogP contribution is -2.28. The van der Waals surface area contributed by atoms with Gasteiger partial charge in [0.2, 0.25) is 0 Å². The maximum absolute atomic E-state index is 6.78. The molecule has 7 aromatic rings. The van der Waals surface area contributed by atoms with Gasteiger partial charge in [-0.2, -0.15) is 0 Å². The molecule has 0 bridgehead atoms. The van der Waals surface area contributed by atoms with E-state index in [1.165, 1.54) is 50.1 Å². The number of hydrogen-bond donors (Lipinski definition) is 1. The maximum atomic E-state index is 6.78. The number of benzene rings is 7. The van der Waals surface area contributed by atoms with E-state index in [4.69, 9.17) is 10.7 Å². The molecule has 0 heterocycles. The first kappa shape index (κ1) is 30.1. The van der Waals surface area contributed by atoms with Crippen molar-refractivity contribution in [2.45, 2.75) is 11.8 Å². The highest BCUT2D eigenvalue weighted by Gasteiger charge is 2.45. The third kappa shape index (κ3) is 5.58. The van der Waals surface area contributed by atoms with Gasteiger partial charge in [0.1, 0.15) is 5.84 Å². The highest BCUT2D eigenvalue weighted by atomic mass is 14.9. The summed E-state index contributed by atoms with van der Waals surface area (Å²) in [5.74, 6) is 0.489. The molecule has 1 aliphatic carbocycles. The van der Waals surface area contributed by atoms with Gasteiger partial charge >= 0.3 is 0 Å². The molecule has 8 rings (SSSR count). The minimum Gasteiger partial charge on any atom is -0.383 e. The monoisotopic (exact) mass is 628 g/mol. The molecule has 0 atom stereocenters. The molecule has 0 radical (unpaired) electrons. The second kappa shape index (κ2) is 13.1. The number of rotatable bonds is 8. The molecule has 0 aromatic heterocycles. The molecule has 1 aliphatic rings. The molecule has 0 saturated heterocycles. The molecule has 2 nitrogen and oxygen atoms in total. The zero-order chi connectivity index (χ0) is 33.0. The van der Waals surface area contributed by atoms with Gasteiger partial charge in [-0.1, -0.05) is 194 Å². The van der Waals surface area contributed by atoms with Crippen LogP contribution in [0.3, 0.4) is 0 Å². The van der Waals surface area contributed by atoms with Crippen molar-refractivity contribution < 1.29 is 0 Å². The van der Waals surface area contributed by atoms with Crippen molar-refractivity contribution in [3.63, 3.8) is 0 Å². The summed E-state index contributed by atoms with van der Waals surface area (Å²) in [5, 5.41) is 0. The minimum absolute atomic E-state index is 0.488. The van der Waals surface area contributed by atoms with Crippen molar-refractivity contribution in [3.8, 4) is 22.3 Å². The standard InChI is InChI=1S/C47H36N2/c48-46(49-45(37-18-8-3-9-19-37)33-24-34-14-4-1-5-15-34)38-27-31-40(32-28-38)47(39-29-25-36(26-30-39)35-16-6-2-7-17-35)43-22-12-10-20-41(43)42-21-11-13-23-44(42)47/h1-23,25-33H,24H2,(H2,48,49)/b45-33-. The summed E-state index contributed by atoms with van der Waals surface area (Å²) in [7, 11) is 0. The lowest BCUT2D eigenvalue weighted by atomic mass is 9.67. The average Bonchev–Trinajstić information content (AvgIpc) is 3.49. The first-order valence-electron chi connectivity index (χ1n) is 16.8. The summed E-state index contributed by atoms with van der Waals surface area (Å²) in [6.07, 6.45) is 2.93. The predicted octanol–water partition coefficient (Wildman–Crippen LogP) is 10.7. The topological polar surface area (TPSA) is 38.4 Å². The predicted molar refractivity (Wildman–Crippen MR) is 204 cm³/mol. The van der Waals surface area contributed by atoms with Gasteiger partial charge in [-0.3, -0.25) is 0 Å². The fourth-order valence-corrected chi connectivity index (χ4v) is 7.32. The van der Waals surface area contributed by atoms with Crippen LogP contribution in [0.5, 0.6) is 0 Å². The van der Waals surface area contributed by atoms with Gasteiger partial charge in [0.25, 0.3) is 0 Å². The first-order chi connectivity index (χ1) is 24.2. The molecule has 2 N–H and O–H groups in total. The fourth-order valence-electron chi connectivity index (χ4n) is 7.32. The van der Waals surface area contributed by atoms with Crippen molar-refractivity contribution in [1.82, 2.24) is 0 Å². The number of hydrogen-bond acceptors (Lipinski definition) is 1. The highest BCUT2D eigenvalue weighted by Crippen LogP contribution is 2.56. The SMILES string of the molecule is NC(=N/C(=C\Cc1ccccc1)c1ccccc1)c1ccc(C2(c3ccc(-c4ccccc4)cc3)c3ccccc3-c3ccccc32)cc1. The van der Waals surface area contributed by atoms with Crippen LogP contribution in [-0.2, 0) is 11.8 Å². The molecule has 49 heavy (non-hydrogen) atoms. The smallest absolute Gasteiger partial charge is 0.131 e. The minimum atomic E-state index is -0.488. The number of nitrogens with zero attached hydrogens (tertiary/aromatic N) is 1. The highest BCUT2D eigenvalue weighted by molar-refractivity contribution is 6.01. The molecule has 234 valence electrons. The number of allylic oxidation sites excluding steroid dienone is 1. The Morgan fingerprint density at radius 1 is 0.469 bits per heavy atom. The van der Waals surface area contributed by atoms with Crippen LogP contribution in [0.1, 0.15) is 38.9 Å². The Bertz CT molecular complexity index is 2220. The Kier molecular flexibility index (Phi) is 8.05. The van der Waals surface area contributed by atoms with E-state index in [0.717, 1.165) is 23.2 Å². The van der Waals surface area contributed by atoms with E-state index in [0.29, 0.717) is 5.84 Å². The van der Waals surface area contributed by atoms with E-state index in [2.05, 4.69) is 170 Å². The molecule has 0 aliphatic heterocycles. The zero-order valence-corrected chi connectivity index (χ0v) is 27.2. The van der Waals surface area contributed by atoms with E-state index < -0.39 is 5.41 Å². The summed E-state index contributed by atoms with van der Waals surface area (Å²) in [6, 6.07) is 66.7. The number of amidine groups is 1. The van der Waals surface area contributed by atoms with Gasteiger partial charge in [-0.25, -0.2) is 4.99 Å². The molecule has 0 saturated carbocycles. The molecule has 0 unspecified atom stereocenters. The van der Waals surface area contributed by atoms with Crippen molar-refractivity contribution >= 4 is 11.5 Å². The van der Waals surface area contributed by atoms with Crippen molar-refractivity contribution in [2.24, 2.45) is 10.7 Å². The van der Waals surface area contributed by atoms with Crippen molar-refractivity contribution in [1.29, 1.82) is 0 Å². The van der Waals surface area contributed by atoms with Crippen LogP contribution < -0.4 is 5.73 Å². The van der Waals surface area contributed by atoms with Crippen molar-refractivity contribution in [3.05, 3.63) is 233 Å². The average molecular weight is 629 g/mol. The quantitative estimate of drug-likeness (QED) is 0.132. The van der Waals surface area contributed by atoms with E-state index >= 15 is 0 Å². The summed E-state index contributed by atoms with van der Waals surface area (Å²) in [5.41, 5.74) is 20.3. The van der Waals surface area contributed by atoms with Gasteiger partial charge in [-0.15, -0.1) is 0 Å². The van der Waals surface area contributed by atoms with E-state index in [1.54, 1.807) is 0 Å². The van der Waals surface area contributed by atoms with Gasteiger partial charge in [0.15, 0.2) is 0 Å². The van der Waals surface area contributed by atoms with Crippen LogP contribution in [-0.4, -0.2) is 5.84 Å². The van der Waals surface area contributed by atoms with Crippen LogP contribution in [0, 0.1) is 0 Å². The first-order valence-corrected chi connectivity index (χ1v) is 16.8. The third-order valence-corrected chi connectivity index (χ3v) is 9.68. The van der Waals surface area contributed by atoms with Crippen LogP contribution in [0.15, 0.2) is 199 Å². The van der Waals surface area contributed by atoms with Crippen LogP contribution in [0.2, 0.25) is 0 Å². The summed E-state index contributed by atoms with van der Waals surface area (Å²) < 4.78 is 0. The zero-order valence-electron chi connectivity index (χ0n) is 27.2. The van der Waals surface area contributed by atoms with Gasteiger partial charge in [-0.05, 0) is 62.1 Å². The Labute approximate surface area is 288 Å². The summed E-state index contributed by atoms with van der Waals surface area (Å²) in [4.78, 5) is 5.00. The number of nitrogens with two attached hydrogens (primary N) is 1. The van der Waals surface area contributed by atoms with Crippen LogP contribution >= 0.6 is 0 Å². The molecular formula is C47H36N2. The molecular weight excluding hydrogens is 593 g/mol. The lowest BCUT2D eigenvalue weighted by molar-refractivity contribution is 0.768.